The molecule has 3 aromatic heterocycles. The van der Waals surface area contributed by atoms with Crippen molar-refractivity contribution >= 4 is 11.6 Å². The van der Waals surface area contributed by atoms with Crippen molar-refractivity contribution in [3.05, 3.63) is 59.0 Å². The van der Waals surface area contributed by atoms with E-state index in [4.69, 9.17) is 5.10 Å². The number of hydrogen-bond donors (Lipinski definition) is 1. The van der Waals surface area contributed by atoms with Gasteiger partial charge in [-0.3, -0.25) is 14.8 Å². The largest absolute Gasteiger partial charge is 0.348 e. The molecule has 36 heavy (non-hydrogen) atoms. The third kappa shape index (κ3) is 4.41. The number of hydrogen-bond acceptors (Lipinski definition) is 5. The normalized spacial score (nSPS) is 15.6. The molecule has 3 heterocycles. The van der Waals surface area contributed by atoms with Crippen molar-refractivity contribution in [3.63, 3.8) is 0 Å². The van der Waals surface area contributed by atoms with Crippen LogP contribution in [-0.2, 0) is 17.6 Å². The predicted octanol–water partition coefficient (Wildman–Crippen LogP) is 4.10. The van der Waals surface area contributed by atoms with Gasteiger partial charge < -0.3 is 4.90 Å². The lowest BCUT2D eigenvalue weighted by molar-refractivity contribution is -0.130. The van der Waals surface area contributed by atoms with Crippen molar-refractivity contribution in [2.45, 2.75) is 52.0 Å². The number of rotatable bonds is 6. The summed E-state index contributed by atoms with van der Waals surface area (Å²) in [6, 6.07) is 9.31. The van der Waals surface area contributed by atoms with Crippen molar-refractivity contribution in [2.75, 3.05) is 27.7 Å². The molecule has 1 aromatic carbocycles. The number of aromatic amines is 1. The van der Waals surface area contributed by atoms with Crippen LogP contribution in [0.15, 0.2) is 36.8 Å². The maximum absolute atomic E-state index is 12.2. The van der Waals surface area contributed by atoms with Crippen molar-refractivity contribution in [1.29, 1.82) is 0 Å². The van der Waals surface area contributed by atoms with E-state index in [1.165, 1.54) is 22.3 Å². The molecule has 1 atom stereocenters. The van der Waals surface area contributed by atoms with Gasteiger partial charge in [0.05, 0.1) is 17.9 Å². The standard InChI is InChI=1S/C28H35N7O/c1-17(2)25-26(31-32-27(25)22-11-18(3)28-29-16-30-35(28)14-22)21-8-7-20-13-23(10-9-19(20)12-21)34(6)15-24(36)33(4)5/h7-8,11-12,14,16-17,23H,9-10,13,15H2,1-6H3,(H,31,32). The first-order valence-electron chi connectivity index (χ1n) is 12.6. The van der Waals surface area contributed by atoms with Crippen LogP contribution in [0.3, 0.4) is 0 Å². The zero-order chi connectivity index (χ0) is 25.6. The molecule has 5 rings (SSSR count). The molecule has 0 radical (unpaired) electrons. The lowest BCUT2D eigenvalue weighted by atomic mass is 9.85. The summed E-state index contributed by atoms with van der Waals surface area (Å²) in [6.45, 7) is 6.94. The zero-order valence-electron chi connectivity index (χ0n) is 22.0. The number of carbonyl (C=O) groups excluding carboxylic acids is 1. The predicted molar refractivity (Wildman–Crippen MR) is 142 cm³/mol. The highest BCUT2D eigenvalue weighted by molar-refractivity contribution is 5.78. The lowest BCUT2D eigenvalue weighted by Gasteiger charge is -2.32. The van der Waals surface area contributed by atoms with Crippen molar-refractivity contribution < 1.29 is 4.79 Å². The van der Waals surface area contributed by atoms with Crippen LogP contribution < -0.4 is 0 Å². The number of aromatic nitrogens is 5. The van der Waals surface area contributed by atoms with Gasteiger partial charge in [0.25, 0.3) is 0 Å². The summed E-state index contributed by atoms with van der Waals surface area (Å²) in [5, 5.41) is 12.5. The number of nitrogens with one attached hydrogen (secondary N) is 1. The smallest absolute Gasteiger partial charge is 0.236 e. The van der Waals surface area contributed by atoms with Crippen LogP contribution in [0.2, 0.25) is 0 Å². The SMILES string of the molecule is Cc1cc(-c2n[nH]c(-c3ccc4c(c3)CCC(N(C)CC(=O)N(C)C)C4)c2C(C)C)cn2ncnc12. The number of fused-ring (bicyclic) bond motifs is 2. The van der Waals surface area contributed by atoms with Crippen LogP contribution >= 0.6 is 0 Å². The number of benzene rings is 1. The van der Waals surface area contributed by atoms with E-state index in [0.29, 0.717) is 18.5 Å². The van der Waals surface area contributed by atoms with Gasteiger partial charge >= 0.3 is 0 Å². The van der Waals surface area contributed by atoms with Crippen molar-refractivity contribution in [1.82, 2.24) is 34.6 Å². The van der Waals surface area contributed by atoms with Gasteiger partial charge in [-0.05, 0) is 68.0 Å². The highest BCUT2D eigenvalue weighted by atomic mass is 16.2. The van der Waals surface area contributed by atoms with Crippen LogP contribution in [-0.4, -0.2) is 74.2 Å². The van der Waals surface area contributed by atoms with E-state index in [-0.39, 0.29) is 5.91 Å². The fraction of sp³-hybridized carbons (Fsp3) is 0.429. The Kier molecular flexibility index (Phi) is 6.38. The van der Waals surface area contributed by atoms with Crippen LogP contribution in [0.4, 0.5) is 0 Å². The Bertz CT molecular complexity index is 1410. The second kappa shape index (κ2) is 9.50. The number of H-pyrrole nitrogens is 1. The van der Waals surface area contributed by atoms with Gasteiger partial charge in [-0.25, -0.2) is 9.50 Å². The first kappa shape index (κ1) is 24.2. The van der Waals surface area contributed by atoms with Crippen LogP contribution in [0, 0.1) is 6.92 Å². The molecule has 1 unspecified atom stereocenters. The molecule has 1 N–H and O–H groups in total. The molecule has 1 aliphatic rings. The molecule has 1 amide bonds. The molecule has 188 valence electrons. The molecule has 4 aromatic rings. The summed E-state index contributed by atoms with van der Waals surface area (Å²) in [5.74, 6) is 0.442. The molecule has 0 spiro atoms. The summed E-state index contributed by atoms with van der Waals surface area (Å²) in [6.07, 6.45) is 6.62. The zero-order valence-corrected chi connectivity index (χ0v) is 22.0. The molecule has 0 aliphatic heterocycles. The Morgan fingerprint density at radius 1 is 1.17 bits per heavy atom. The molecule has 8 heteroatoms. The molecule has 1 aliphatic carbocycles. The van der Waals surface area contributed by atoms with E-state index in [1.807, 2.05) is 24.8 Å². The van der Waals surface area contributed by atoms with E-state index in [0.717, 1.165) is 47.4 Å². The van der Waals surface area contributed by atoms with E-state index in [2.05, 4.69) is 72.2 Å². The summed E-state index contributed by atoms with van der Waals surface area (Å²) in [4.78, 5) is 20.4. The summed E-state index contributed by atoms with van der Waals surface area (Å²) in [5.41, 5.74) is 10.2. The topological polar surface area (TPSA) is 82.4 Å². The Hall–Kier alpha value is -3.52. The van der Waals surface area contributed by atoms with Gasteiger partial charge in [-0.1, -0.05) is 26.0 Å². The van der Waals surface area contributed by atoms with Crippen molar-refractivity contribution in [2.24, 2.45) is 0 Å². The van der Waals surface area contributed by atoms with Gasteiger partial charge in [-0.15, -0.1) is 0 Å². The minimum absolute atomic E-state index is 0.146. The first-order chi connectivity index (χ1) is 17.2. The number of aryl methyl sites for hydroxylation is 2. The minimum atomic E-state index is 0.146. The van der Waals surface area contributed by atoms with Crippen molar-refractivity contribution in [3.8, 4) is 22.5 Å². The Balaban J connectivity index is 1.44. The van der Waals surface area contributed by atoms with E-state index >= 15 is 0 Å². The van der Waals surface area contributed by atoms with Crippen LogP contribution in [0.5, 0.6) is 0 Å². The number of nitrogens with zero attached hydrogens (tertiary/aromatic N) is 6. The summed E-state index contributed by atoms with van der Waals surface area (Å²) in [7, 11) is 5.69. The van der Waals surface area contributed by atoms with Gasteiger partial charge in [0.1, 0.15) is 6.33 Å². The number of pyridine rings is 1. The Morgan fingerprint density at radius 3 is 2.72 bits per heavy atom. The monoisotopic (exact) mass is 485 g/mol. The third-order valence-electron chi connectivity index (χ3n) is 7.42. The number of carbonyl (C=O) groups is 1. The average molecular weight is 486 g/mol. The second-order valence-corrected chi connectivity index (χ2v) is 10.5. The van der Waals surface area contributed by atoms with Gasteiger partial charge in [0.2, 0.25) is 5.91 Å². The molecule has 0 fully saturated rings. The number of amides is 1. The Morgan fingerprint density at radius 2 is 1.97 bits per heavy atom. The lowest BCUT2D eigenvalue weighted by Crippen LogP contribution is -2.42. The molecular formula is C28H35N7O. The van der Waals surface area contributed by atoms with Gasteiger partial charge in [0.15, 0.2) is 5.65 Å². The van der Waals surface area contributed by atoms with Gasteiger partial charge in [-0.2, -0.15) is 10.2 Å². The fourth-order valence-corrected chi connectivity index (χ4v) is 5.33. The molecule has 0 saturated heterocycles. The minimum Gasteiger partial charge on any atom is -0.348 e. The average Bonchev–Trinajstić information content (AvgIpc) is 3.51. The highest BCUT2D eigenvalue weighted by Gasteiger charge is 2.25. The van der Waals surface area contributed by atoms with Crippen LogP contribution in [0.25, 0.3) is 28.2 Å². The van der Waals surface area contributed by atoms with E-state index < -0.39 is 0 Å². The maximum atomic E-state index is 12.2. The number of likely N-dealkylation sites (N-methyl/N-ethyl adjacent to an activating group) is 2. The van der Waals surface area contributed by atoms with E-state index in [9.17, 15) is 4.79 Å². The second-order valence-electron chi connectivity index (χ2n) is 10.5. The molecule has 0 saturated carbocycles. The summed E-state index contributed by atoms with van der Waals surface area (Å²) < 4.78 is 1.82. The first-order valence-corrected chi connectivity index (χ1v) is 12.6. The van der Waals surface area contributed by atoms with E-state index in [1.54, 1.807) is 11.2 Å². The molecule has 8 nitrogen and oxygen atoms in total. The third-order valence-corrected chi connectivity index (χ3v) is 7.42. The Labute approximate surface area is 212 Å². The highest BCUT2D eigenvalue weighted by Crippen LogP contribution is 2.37. The molecule has 0 bridgehead atoms. The maximum Gasteiger partial charge on any atom is 0.236 e. The quantitative estimate of drug-likeness (QED) is 0.445. The summed E-state index contributed by atoms with van der Waals surface area (Å²) >= 11 is 0. The molecular weight excluding hydrogens is 450 g/mol. The van der Waals surface area contributed by atoms with Gasteiger partial charge in [0, 0.05) is 43.0 Å². The fourth-order valence-electron chi connectivity index (χ4n) is 5.33. The van der Waals surface area contributed by atoms with Crippen LogP contribution in [0.1, 0.15) is 48.4 Å².